The van der Waals surface area contributed by atoms with Crippen molar-refractivity contribution in [3.63, 3.8) is 0 Å². The number of rotatable bonds is 3. The molecule has 0 bridgehead atoms. The Morgan fingerprint density at radius 3 is 2.58 bits per heavy atom. The molecule has 0 amide bonds. The average Bonchev–Trinajstić information content (AvgIpc) is 2.54. The smallest absolute Gasteiger partial charge is 0.0963 e. The Morgan fingerprint density at radius 1 is 1.58 bits per heavy atom. The summed E-state index contributed by atoms with van der Waals surface area (Å²) in [4.78, 5) is 0. The highest BCUT2D eigenvalue weighted by atomic mass is 16.3. The van der Waals surface area contributed by atoms with E-state index in [0.29, 0.717) is 6.42 Å². The lowest BCUT2D eigenvalue weighted by molar-refractivity contribution is -0.0145. The number of aliphatic hydroxyl groups is 1. The zero-order valence-electron chi connectivity index (χ0n) is 7.87. The molecule has 1 rings (SSSR count). The largest absolute Gasteiger partial charge is 0.472 e. The Morgan fingerprint density at radius 2 is 2.25 bits per heavy atom. The van der Waals surface area contributed by atoms with Crippen LogP contribution >= 0.6 is 0 Å². The van der Waals surface area contributed by atoms with Crippen molar-refractivity contribution in [2.24, 2.45) is 5.92 Å². The van der Waals surface area contributed by atoms with E-state index in [9.17, 15) is 5.11 Å². The Hall–Kier alpha value is -0.760. The summed E-state index contributed by atoms with van der Waals surface area (Å²) in [6.07, 6.45) is 3.92. The molecule has 0 aliphatic rings. The van der Waals surface area contributed by atoms with Gasteiger partial charge in [0.2, 0.25) is 0 Å². The molecular formula is C10H16O2. The van der Waals surface area contributed by atoms with Crippen molar-refractivity contribution in [2.75, 3.05) is 0 Å². The Balaban J connectivity index is 2.96. The van der Waals surface area contributed by atoms with Crippen LogP contribution in [0.2, 0.25) is 0 Å². The van der Waals surface area contributed by atoms with Crippen LogP contribution < -0.4 is 0 Å². The highest BCUT2D eigenvalue weighted by Crippen LogP contribution is 2.32. The second-order valence-electron chi connectivity index (χ2n) is 3.44. The van der Waals surface area contributed by atoms with Crippen molar-refractivity contribution in [2.45, 2.75) is 32.8 Å². The third-order valence-electron chi connectivity index (χ3n) is 2.52. The van der Waals surface area contributed by atoms with Crippen LogP contribution in [-0.4, -0.2) is 5.11 Å². The lowest BCUT2D eigenvalue weighted by Gasteiger charge is -2.29. The van der Waals surface area contributed by atoms with Gasteiger partial charge >= 0.3 is 0 Å². The second-order valence-corrected chi connectivity index (χ2v) is 3.44. The summed E-state index contributed by atoms with van der Waals surface area (Å²) in [5.41, 5.74) is 0.146. The van der Waals surface area contributed by atoms with Gasteiger partial charge in [0.15, 0.2) is 0 Å². The van der Waals surface area contributed by atoms with Crippen LogP contribution in [0.5, 0.6) is 0 Å². The number of furan rings is 1. The third-order valence-corrected chi connectivity index (χ3v) is 2.52. The fourth-order valence-corrected chi connectivity index (χ4v) is 1.46. The Bertz CT molecular complexity index is 226. The van der Waals surface area contributed by atoms with E-state index in [1.807, 2.05) is 26.8 Å². The summed E-state index contributed by atoms with van der Waals surface area (Å²) in [6, 6.07) is 1.82. The van der Waals surface area contributed by atoms with Gasteiger partial charge < -0.3 is 9.52 Å². The highest BCUT2D eigenvalue weighted by Gasteiger charge is 2.31. The first-order valence-corrected chi connectivity index (χ1v) is 4.36. The minimum Gasteiger partial charge on any atom is -0.472 e. The maximum Gasteiger partial charge on any atom is 0.0963 e. The van der Waals surface area contributed by atoms with Gasteiger partial charge in [0.1, 0.15) is 0 Å². The quantitative estimate of drug-likeness (QED) is 0.752. The molecule has 0 fully saturated rings. The molecule has 2 nitrogen and oxygen atoms in total. The molecule has 1 heterocycles. The van der Waals surface area contributed by atoms with Crippen molar-refractivity contribution >= 4 is 0 Å². The second kappa shape index (κ2) is 3.31. The summed E-state index contributed by atoms with van der Waals surface area (Å²) in [5.74, 6) is 0.208. The molecule has 0 aliphatic heterocycles. The minimum atomic E-state index is -0.729. The van der Waals surface area contributed by atoms with Crippen LogP contribution in [0.3, 0.4) is 0 Å². The SMILES string of the molecule is CCC(O)(c1ccoc1)C(C)C. The fraction of sp³-hybridized carbons (Fsp3) is 0.600. The molecule has 1 N–H and O–H groups in total. The predicted molar refractivity (Wildman–Crippen MR) is 47.7 cm³/mol. The van der Waals surface area contributed by atoms with Crippen LogP contribution in [0.15, 0.2) is 23.0 Å². The molecule has 0 saturated heterocycles. The third kappa shape index (κ3) is 1.39. The molecule has 2 heteroatoms. The average molecular weight is 168 g/mol. The molecule has 12 heavy (non-hydrogen) atoms. The maximum absolute atomic E-state index is 10.2. The summed E-state index contributed by atoms with van der Waals surface area (Å²) >= 11 is 0. The summed E-state index contributed by atoms with van der Waals surface area (Å²) < 4.78 is 4.95. The van der Waals surface area contributed by atoms with Crippen molar-refractivity contribution in [3.8, 4) is 0 Å². The number of hydrogen-bond acceptors (Lipinski definition) is 2. The molecule has 0 aliphatic carbocycles. The van der Waals surface area contributed by atoms with E-state index in [-0.39, 0.29) is 5.92 Å². The molecule has 0 spiro atoms. The topological polar surface area (TPSA) is 33.4 Å². The molecule has 68 valence electrons. The van der Waals surface area contributed by atoms with Gasteiger partial charge in [-0.3, -0.25) is 0 Å². The Labute approximate surface area is 73.2 Å². The van der Waals surface area contributed by atoms with Gasteiger partial charge in [0.05, 0.1) is 18.1 Å². The predicted octanol–water partition coefficient (Wildman–Crippen LogP) is 2.53. The van der Waals surface area contributed by atoms with E-state index in [0.717, 1.165) is 5.56 Å². The van der Waals surface area contributed by atoms with Gasteiger partial charge in [-0.2, -0.15) is 0 Å². The van der Waals surface area contributed by atoms with Crippen molar-refractivity contribution in [3.05, 3.63) is 24.2 Å². The van der Waals surface area contributed by atoms with Crippen LogP contribution in [-0.2, 0) is 5.60 Å². The van der Waals surface area contributed by atoms with E-state index in [4.69, 9.17) is 4.42 Å². The summed E-state index contributed by atoms with van der Waals surface area (Å²) in [5, 5.41) is 10.2. The van der Waals surface area contributed by atoms with Gasteiger partial charge in [-0.25, -0.2) is 0 Å². The lowest BCUT2D eigenvalue weighted by atomic mass is 9.83. The molecule has 1 unspecified atom stereocenters. The van der Waals surface area contributed by atoms with Gasteiger partial charge in [0, 0.05) is 5.56 Å². The van der Waals surface area contributed by atoms with Gasteiger partial charge in [-0.1, -0.05) is 20.8 Å². The Kier molecular flexibility index (Phi) is 2.58. The van der Waals surface area contributed by atoms with E-state index in [1.165, 1.54) is 0 Å². The summed E-state index contributed by atoms with van der Waals surface area (Å²) in [7, 11) is 0. The summed E-state index contributed by atoms with van der Waals surface area (Å²) in [6.45, 7) is 6.00. The first-order chi connectivity index (χ1) is 5.61. The van der Waals surface area contributed by atoms with Crippen molar-refractivity contribution in [1.82, 2.24) is 0 Å². The molecule has 1 aromatic heterocycles. The van der Waals surface area contributed by atoms with Gasteiger partial charge in [-0.15, -0.1) is 0 Å². The zero-order chi connectivity index (χ0) is 9.19. The van der Waals surface area contributed by atoms with E-state index in [2.05, 4.69) is 0 Å². The van der Waals surface area contributed by atoms with E-state index >= 15 is 0 Å². The highest BCUT2D eigenvalue weighted by molar-refractivity contribution is 5.16. The van der Waals surface area contributed by atoms with Crippen molar-refractivity contribution in [1.29, 1.82) is 0 Å². The standard InChI is InChI=1S/C10H16O2/c1-4-10(11,8(2)3)9-5-6-12-7-9/h5-8,11H,4H2,1-3H3. The molecule has 0 saturated carbocycles. The molecule has 1 aromatic rings. The van der Waals surface area contributed by atoms with E-state index < -0.39 is 5.60 Å². The van der Waals surface area contributed by atoms with Crippen LogP contribution in [0.25, 0.3) is 0 Å². The fourth-order valence-electron chi connectivity index (χ4n) is 1.46. The maximum atomic E-state index is 10.2. The molecular weight excluding hydrogens is 152 g/mol. The molecule has 0 aromatic carbocycles. The monoisotopic (exact) mass is 168 g/mol. The number of hydrogen-bond donors (Lipinski definition) is 1. The first-order valence-electron chi connectivity index (χ1n) is 4.36. The first kappa shape index (κ1) is 9.33. The van der Waals surface area contributed by atoms with Crippen molar-refractivity contribution < 1.29 is 9.52 Å². The van der Waals surface area contributed by atoms with Crippen LogP contribution in [0.4, 0.5) is 0 Å². The minimum absolute atomic E-state index is 0.208. The van der Waals surface area contributed by atoms with Crippen LogP contribution in [0.1, 0.15) is 32.8 Å². The zero-order valence-corrected chi connectivity index (χ0v) is 7.87. The normalized spacial score (nSPS) is 16.4. The van der Waals surface area contributed by atoms with Crippen LogP contribution in [0, 0.1) is 5.92 Å². The van der Waals surface area contributed by atoms with E-state index in [1.54, 1.807) is 12.5 Å². The van der Waals surface area contributed by atoms with Gasteiger partial charge in [0.25, 0.3) is 0 Å². The van der Waals surface area contributed by atoms with Gasteiger partial charge in [-0.05, 0) is 18.4 Å². The molecule has 0 radical (unpaired) electrons. The molecule has 1 atom stereocenters. The lowest BCUT2D eigenvalue weighted by Crippen LogP contribution is -2.30.